The van der Waals surface area contributed by atoms with Crippen LogP contribution in [0.5, 0.6) is 0 Å². The molecule has 0 aliphatic heterocycles. The molecule has 0 aliphatic rings. The summed E-state index contributed by atoms with van der Waals surface area (Å²) in [7, 11) is -4.50. The van der Waals surface area contributed by atoms with Crippen LogP contribution < -0.4 is 5.32 Å². The van der Waals surface area contributed by atoms with E-state index in [2.05, 4.69) is 18.5 Å². The van der Waals surface area contributed by atoms with Crippen molar-refractivity contribution in [2.75, 3.05) is 0 Å². The molecule has 1 amide bonds. The van der Waals surface area contributed by atoms with Crippen LogP contribution in [0.2, 0.25) is 0 Å². The van der Waals surface area contributed by atoms with Crippen molar-refractivity contribution in [3.05, 3.63) is 67.3 Å². The molecule has 0 fully saturated rings. The molecule has 30 heavy (non-hydrogen) atoms. The minimum absolute atomic E-state index is 0. The topological polar surface area (TPSA) is 110 Å². The number of ether oxygens (including phenoxy) is 1. The first kappa shape index (κ1) is 28.3. The van der Waals surface area contributed by atoms with Gasteiger partial charge in [-0.05, 0) is 24.5 Å². The van der Waals surface area contributed by atoms with Gasteiger partial charge in [-0.2, -0.15) is 8.42 Å². The number of benzene rings is 1. The first-order valence-corrected chi connectivity index (χ1v) is 10.5. The Labute approximate surface area is 200 Å². The molecule has 0 saturated carbocycles. The molecular formula is C21H28NNaO6S. The quantitative estimate of drug-likeness (QED) is 0.234. The van der Waals surface area contributed by atoms with Gasteiger partial charge in [0.2, 0.25) is 5.91 Å². The molecule has 4 unspecified atom stereocenters. The van der Waals surface area contributed by atoms with Crippen LogP contribution >= 0.6 is 0 Å². The van der Waals surface area contributed by atoms with Crippen LogP contribution in [0.1, 0.15) is 25.8 Å². The number of carbonyl (C=O) groups is 2. The summed E-state index contributed by atoms with van der Waals surface area (Å²) in [6.07, 6.45) is 4.50. The summed E-state index contributed by atoms with van der Waals surface area (Å²) >= 11 is 0. The molecule has 1 aromatic carbocycles. The minimum atomic E-state index is -4.50. The van der Waals surface area contributed by atoms with E-state index in [0.29, 0.717) is 0 Å². The van der Waals surface area contributed by atoms with Gasteiger partial charge in [0, 0.05) is 12.5 Å². The molecule has 2 N–H and O–H groups in total. The fourth-order valence-corrected chi connectivity index (χ4v) is 4.04. The van der Waals surface area contributed by atoms with Crippen molar-refractivity contribution in [2.24, 2.45) is 5.92 Å². The molecular weight excluding hydrogens is 417 g/mol. The Morgan fingerprint density at radius 3 is 2.27 bits per heavy atom. The monoisotopic (exact) mass is 445 g/mol. The van der Waals surface area contributed by atoms with Crippen molar-refractivity contribution in [3.63, 3.8) is 0 Å². The molecule has 160 valence electrons. The Hall–Kier alpha value is -1.71. The molecule has 0 saturated heterocycles. The standard InChI is InChI=1S/C21H27NO6S.Na.H/c1-5-20(23)22-18(13-12-17-10-8-7-9-11-17)16(4)19(29(25,26)27)14-15(3)28-21(24)6-2;;/h5-13,15-16,18-19H,1-2,14H2,3-4H3,(H,22,23)(H,25,26,27);;. The number of amides is 1. The molecule has 0 spiro atoms. The molecule has 4 atom stereocenters. The number of rotatable bonds is 11. The molecule has 0 heterocycles. The van der Waals surface area contributed by atoms with Gasteiger partial charge in [-0.1, -0.05) is 62.6 Å². The molecule has 0 aliphatic carbocycles. The molecule has 7 nitrogen and oxygen atoms in total. The zero-order valence-corrected chi connectivity index (χ0v) is 17.3. The van der Waals surface area contributed by atoms with Gasteiger partial charge in [0.15, 0.2) is 0 Å². The van der Waals surface area contributed by atoms with Gasteiger partial charge in [0.1, 0.15) is 6.10 Å². The van der Waals surface area contributed by atoms with E-state index < -0.39 is 45.3 Å². The van der Waals surface area contributed by atoms with Crippen molar-refractivity contribution in [3.8, 4) is 0 Å². The number of nitrogens with one attached hydrogen (secondary N) is 1. The summed E-state index contributed by atoms with van der Waals surface area (Å²) in [5.74, 6) is -1.92. The number of hydrogen-bond acceptors (Lipinski definition) is 5. The van der Waals surface area contributed by atoms with Crippen molar-refractivity contribution in [1.29, 1.82) is 0 Å². The Morgan fingerprint density at radius 1 is 1.17 bits per heavy atom. The van der Waals surface area contributed by atoms with Crippen LogP contribution in [0.25, 0.3) is 6.08 Å². The maximum absolute atomic E-state index is 12.0. The van der Waals surface area contributed by atoms with E-state index in [1.165, 1.54) is 6.92 Å². The first-order chi connectivity index (χ1) is 13.6. The molecule has 0 bridgehead atoms. The summed E-state index contributed by atoms with van der Waals surface area (Å²) in [6, 6.07) is 8.52. The van der Waals surface area contributed by atoms with Gasteiger partial charge < -0.3 is 10.1 Å². The van der Waals surface area contributed by atoms with Crippen molar-refractivity contribution in [1.82, 2.24) is 5.32 Å². The van der Waals surface area contributed by atoms with E-state index in [1.54, 1.807) is 19.1 Å². The summed E-state index contributed by atoms with van der Waals surface area (Å²) < 4.78 is 38.9. The SMILES string of the molecule is C=CC(=O)NC(C=Cc1ccccc1)C(C)C(CC(C)OC(=O)C=C)S(=O)(=O)O.[NaH]. The second kappa shape index (κ2) is 13.6. The van der Waals surface area contributed by atoms with Gasteiger partial charge >= 0.3 is 35.5 Å². The van der Waals surface area contributed by atoms with E-state index in [0.717, 1.165) is 17.7 Å². The molecule has 1 rings (SSSR count). The van der Waals surface area contributed by atoms with Crippen LogP contribution in [0.4, 0.5) is 0 Å². The van der Waals surface area contributed by atoms with Gasteiger partial charge in [-0.3, -0.25) is 9.35 Å². The van der Waals surface area contributed by atoms with Gasteiger partial charge in [0.25, 0.3) is 10.1 Å². The zero-order valence-electron chi connectivity index (χ0n) is 16.5. The molecule has 0 aromatic heterocycles. The number of carbonyl (C=O) groups excluding carboxylic acids is 2. The molecule has 0 radical (unpaired) electrons. The predicted molar refractivity (Wildman–Crippen MR) is 120 cm³/mol. The van der Waals surface area contributed by atoms with Crippen LogP contribution in [0.3, 0.4) is 0 Å². The summed E-state index contributed by atoms with van der Waals surface area (Å²) in [5.41, 5.74) is 0.856. The van der Waals surface area contributed by atoms with Crippen LogP contribution in [0.15, 0.2) is 61.7 Å². The second-order valence-electron chi connectivity index (χ2n) is 6.61. The molecule has 1 aromatic rings. The van der Waals surface area contributed by atoms with E-state index >= 15 is 0 Å². The zero-order chi connectivity index (χ0) is 22.0. The average molecular weight is 446 g/mol. The van der Waals surface area contributed by atoms with E-state index in [1.807, 2.05) is 30.3 Å². The normalized spacial score (nSPS) is 15.2. The van der Waals surface area contributed by atoms with Gasteiger partial charge in [-0.15, -0.1) is 0 Å². The van der Waals surface area contributed by atoms with Gasteiger partial charge in [0.05, 0.1) is 11.3 Å². The Morgan fingerprint density at radius 2 is 1.77 bits per heavy atom. The van der Waals surface area contributed by atoms with E-state index in [9.17, 15) is 22.6 Å². The first-order valence-electron chi connectivity index (χ1n) is 9.04. The fourth-order valence-electron chi connectivity index (χ4n) is 2.82. The second-order valence-corrected chi connectivity index (χ2v) is 8.24. The summed E-state index contributed by atoms with van der Waals surface area (Å²) in [5, 5.41) is 1.38. The van der Waals surface area contributed by atoms with E-state index in [4.69, 9.17) is 4.74 Å². The Kier molecular flexibility index (Phi) is 12.8. The number of esters is 1. The van der Waals surface area contributed by atoms with Gasteiger partial charge in [-0.25, -0.2) is 4.79 Å². The average Bonchev–Trinajstić information content (AvgIpc) is 2.68. The Bertz CT molecular complexity index is 854. The number of hydrogen-bond donors (Lipinski definition) is 2. The molecule has 9 heteroatoms. The maximum atomic E-state index is 12.0. The third-order valence-electron chi connectivity index (χ3n) is 4.37. The van der Waals surface area contributed by atoms with Crippen molar-refractivity contribution < 1.29 is 27.3 Å². The van der Waals surface area contributed by atoms with Crippen LogP contribution in [0, 0.1) is 5.92 Å². The summed E-state index contributed by atoms with van der Waals surface area (Å²) in [6.45, 7) is 9.80. The van der Waals surface area contributed by atoms with Crippen molar-refractivity contribution >= 4 is 57.6 Å². The van der Waals surface area contributed by atoms with Crippen LogP contribution in [-0.2, 0) is 24.4 Å². The summed E-state index contributed by atoms with van der Waals surface area (Å²) in [4.78, 5) is 23.2. The predicted octanol–water partition coefficient (Wildman–Crippen LogP) is 2.12. The fraction of sp³-hybridized carbons (Fsp3) is 0.333. The Balaban J connectivity index is 0.00000841. The van der Waals surface area contributed by atoms with Crippen LogP contribution in [-0.4, -0.2) is 71.8 Å². The third kappa shape index (κ3) is 9.86. The van der Waals surface area contributed by atoms with E-state index in [-0.39, 0.29) is 36.0 Å². The third-order valence-corrected chi connectivity index (χ3v) is 5.76. The van der Waals surface area contributed by atoms with Crippen molar-refractivity contribution in [2.45, 2.75) is 37.7 Å².